The summed E-state index contributed by atoms with van der Waals surface area (Å²) in [6.07, 6.45) is 2.84. The van der Waals surface area contributed by atoms with E-state index in [1.54, 1.807) is 28.4 Å². The molecule has 0 aliphatic carbocycles. The van der Waals surface area contributed by atoms with E-state index in [1.165, 1.54) is 18.2 Å². The number of carbonyl (C=O) groups is 1. The Bertz CT molecular complexity index is 1010. The van der Waals surface area contributed by atoms with Gasteiger partial charge in [0, 0.05) is 23.6 Å². The molecule has 0 unspecified atom stereocenters. The summed E-state index contributed by atoms with van der Waals surface area (Å²) < 4.78 is 13.1. The van der Waals surface area contributed by atoms with E-state index >= 15 is 0 Å². The molecule has 1 aromatic carbocycles. The lowest BCUT2D eigenvalue weighted by atomic mass is 9.99. The predicted molar refractivity (Wildman–Crippen MR) is 107 cm³/mol. The van der Waals surface area contributed by atoms with Gasteiger partial charge in [0.1, 0.15) is 11.6 Å². The second-order valence-electron chi connectivity index (χ2n) is 6.93. The van der Waals surface area contributed by atoms with Crippen molar-refractivity contribution in [2.75, 3.05) is 6.54 Å². The number of aromatic amines is 1. The summed E-state index contributed by atoms with van der Waals surface area (Å²) in [4.78, 5) is 34.4. The lowest BCUT2D eigenvalue weighted by Crippen LogP contribution is -2.40. The minimum atomic E-state index is -0.320. The minimum absolute atomic E-state index is 0.0418. The molecule has 144 valence electrons. The molecule has 1 saturated heterocycles. The van der Waals surface area contributed by atoms with Crippen molar-refractivity contribution in [3.05, 3.63) is 74.7 Å². The van der Waals surface area contributed by atoms with E-state index in [2.05, 4.69) is 9.97 Å². The SMILES string of the molecule is O=C(Cc1ccc(F)cc1)N1CCCC[C@H]1c1nc(-c2ccsc2)cc(=O)[nH]1. The molecule has 3 aromatic rings. The third kappa shape index (κ3) is 4.04. The topological polar surface area (TPSA) is 66.1 Å². The largest absolute Gasteiger partial charge is 0.332 e. The van der Waals surface area contributed by atoms with Crippen LogP contribution in [0.15, 0.2) is 52.0 Å². The van der Waals surface area contributed by atoms with E-state index < -0.39 is 0 Å². The number of thiophene rings is 1. The third-order valence-corrected chi connectivity index (χ3v) is 5.67. The maximum Gasteiger partial charge on any atom is 0.251 e. The zero-order valence-electron chi connectivity index (χ0n) is 15.2. The normalized spacial score (nSPS) is 16.9. The second kappa shape index (κ2) is 8.06. The van der Waals surface area contributed by atoms with Gasteiger partial charge in [-0.2, -0.15) is 11.3 Å². The van der Waals surface area contributed by atoms with Crippen molar-refractivity contribution in [2.45, 2.75) is 31.7 Å². The molecule has 28 heavy (non-hydrogen) atoms. The van der Waals surface area contributed by atoms with Crippen LogP contribution in [0.4, 0.5) is 4.39 Å². The van der Waals surface area contributed by atoms with Crippen LogP contribution in [0.3, 0.4) is 0 Å². The van der Waals surface area contributed by atoms with Gasteiger partial charge in [0.05, 0.1) is 18.2 Å². The summed E-state index contributed by atoms with van der Waals surface area (Å²) in [6.45, 7) is 0.622. The lowest BCUT2D eigenvalue weighted by Gasteiger charge is -2.35. The molecule has 1 fully saturated rings. The fourth-order valence-corrected chi connectivity index (χ4v) is 4.23. The Balaban J connectivity index is 1.61. The van der Waals surface area contributed by atoms with Crippen molar-refractivity contribution in [1.82, 2.24) is 14.9 Å². The number of amides is 1. The van der Waals surface area contributed by atoms with Crippen molar-refractivity contribution in [3.8, 4) is 11.3 Å². The van der Waals surface area contributed by atoms with Crippen molar-refractivity contribution >= 4 is 17.2 Å². The quantitative estimate of drug-likeness (QED) is 0.725. The van der Waals surface area contributed by atoms with Crippen LogP contribution in [0, 0.1) is 5.82 Å². The van der Waals surface area contributed by atoms with E-state index in [0.717, 1.165) is 30.4 Å². The molecule has 0 radical (unpaired) electrons. The molecule has 0 spiro atoms. The van der Waals surface area contributed by atoms with Crippen LogP contribution in [-0.4, -0.2) is 27.3 Å². The molecule has 1 amide bonds. The first-order chi connectivity index (χ1) is 13.6. The summed E-state index contributed by atoms with van der Waals surface area (Å²) in [5.41, 5.74) is 2.07. The van der Waals surface area contributed by atoms with Crippen LogP contribution < -0.4 is 5.56 Å². The Labute approximate surface area is 165 Å². The maximum atomic E-state index is 13.1. The number of nitrogens with one attached hydrogen (secondary N) is 1. The molecule has 4 rings (SSSR count). The van der Waals surface area contributed by atoms with Gasteiger partial charge in [0.15, 0.2) is 0 Å². The van der Waals surface area contributed by atoms with E-state index in [9.17, 15) is 14.0 Å². The average Bonchev–Trinajstić information content (AvgIpc) is 3.24. The highest BCUT2D eigenvalue weighted by molar-refractivity contribution is 7.08. The van der Waals surface area contributed by atoms with Crippen molar-refractivity contribution < 1.29 is 9.18 Å². The van der Waals surface area contributed by atoms with E-state index in [-0.39, 0.29) is 29.7 Å². The van der Waals surface area contributed by atoms with Gasteiger partial charge in [-0.25, -0.2) is 9.37 Å². The van der Waals surface area contributed by atoms with Gasteiger partial charge < -0.3 is 9.88 Å². The van der Waals surface area contributed by atoms with E-state index in [0.29, 0.717) is 18.1 Å². The zero-order chi connectivity index (χ0) is 19.5. The van der Waals surface area contributed by atoms with Gasteiger partial charge in [-0.05, 0) is 48.4 Å². The molecule has 2 aromatic heterocycles. The maximum absolute atomic E-state index is 13.1. The van der Waals surface area contributed by atoms with Gasteiger partial charge in [-0.1, -0.05) is 12.1 Å². The number of benzene rings is 1. The fraction of sp³-hybridized carbons (Fsp3) is 0.286. The highest BCUT2D eigenvalue weighted by atomic mass is 32.1. The van der Waals surface area contributed by atoms with Crippen molar-refractivity contribution in [2.24, 2.45) is 0 Å². The molecular weight excluding hydrogens is 377 g/mol. The van der Waals surface area contributed by atoms with Gasteiger partial charge in [0.2, 0.25) is 5.91 Å². The average molecular weight is 397 g/mol. The molecule has 0 saturated carbocycles. The first kappa shape index (κ1) is 18.6. The molecule has 1 N–H and O–H groups in total. The highest BCUT2D eigenvalue weighted by Crippen LogP contribution is 2.30. The number of likely N-dealkylation sites (tertiary alicyclic amines) is 1. The fourth-order valence-electron chi connectivity index (χ4n) is 3.59. The number of halogens is 1. The van der Waals surface area contributed by atoms with Crippen LogP contribution in [0.1, 0.15) is 36.7 Å². The third-order valence-electron chi connectivity index (χ3n) is 4.98. The molecule has 1 aliphatic heterocycles. The highest BCUT2D eigenvalue weighted by Gasteiger charge is 2.30. The number of rotatable bonds is 4. The molecule has 0 bridgehead atoms. The van der Waals surface area contributed by atoms with E-state index in [4.69, 9.17) is 0 Å². The summed E-state index contributed by atoms with van der Waals surface area (Å²) in [5, 5.41) is 3.89. The van der Waals surface area contributed by atoms with Crippen LogP contribution >= 0.6 is 11.3 Å². The summed E-state index contributed by atoms with van der Waals surface area (Å²) >= 11 is 1.55. The van der Waals surface area contributed by atoms with Crippen LogP contribution in [-0.2, 0) is 11.2 Å². The smallest absolute Gasteiger partial charge is 0.251 e. The Morgan fingerprint density at radius 2 is 2.07 bits per heavy atom. The van der Waals surface area contributed by atoms with Crippen LogP contribution in [0.5, 0.6) is 0 Å². The summed E-state index contributed by atoms with van der Waals surface area (Å²) in [7, 11) is 0. The number of piperidine rings is 1. The Kier molecular flexibility index (Phi) is 5.34. The predicted octanol–water partition coefficient (Wildman–Crippen LogP) is 3.93. The zero-order valence-corrected chi connectivity index (χ0v) is 16.0. The van der Waals surface area contributed by atoms with Gasteiger partial charge in [-0.15, -0.1) is 0 Å². The number of H-pyrrole nitrogens is 1. The number of nitrogens with zero attached hydrogens (tertiary/aromatic N) is 2. The Hall–Kier alpha value is -2.80. The molecule has 7 heteroatoms. The van der Waals surface area contributed by atoms with E-state index in [1.807, 2.05) is 16.8 Å². The molecule has 3 heterocycles. The van der Waals surface area contributed by atoms with Gasteiger partial charge >= 0.3 is 0 Å². The summed E-state index contributed by atoms with van der Waals surface area (Å²) in [5.74, 6) is 0.166. The molecule has 1 aliphatic rings. The molecule has 5 nitrogen and oxygen atoms in total. The minimum Gasteiger partial charge on any atom is -0.332 e. The second-order valence-corrected chi connectivity index (χ2v) is 7.71. The first-order valence-electron chi connectivity index (χ1n) is 9.28. The van der Waals surface area contributed by atoms with Gasteiger partial charge in [-0.3, -0.25) is 9.59 Å². The monoisotopic (exact) mass is 397 g/mol. The first-order valence-corrected chi connectivity index (χ1v) is 10.2. The molecular formula is C21H20FN3O2S. The van der Waals surface area contributed by atoms with Gasteiger partial charge in [0.25, 0.3) is 5.56 Å². The van der Waals surface area contributed by atoms with Crippen molar-refractivity contribution in [3.63, 3.8) is 0 Å². The lowest BCUT2D eigenvalue weighted by molar-refractivity contribution is -0.134. The molecule has 1 atom stereocenters. The number of hydrogen-bond donors (Lipinski definition) is 1. The number of aromatic nitrogens is 2. The van der Waals surface area contributed by atoms with Crippen molar-refractivity contribution in [1.29, 1.82) is 0 Å². The number of carbonyl (C=O) groups excluding carboxylic acids is 1. The Morgan fingerprint density at radius 3 is 2.82 bits per heavy atom. The Morgan fingerprint density at radius 1 is 1.25 bits per heavy atom. The summed E-state index contributed by atoms with van der Waals surface area (Å²) in [6, 6.07) is 9.13. The van der Waals surface area contributed by atoms with Crippen LogP contribution in [0.25, 0.3) is 11.3 Å². The standard InChI is InChI=1S/C21H20FN3O2S/c22-16-6-4-14(5-7-16)11-20(27)25-9-2-1-3-18(25)21-23-17(12-19(26)24-21)15-8-10-28-13-15/h4-8,10,12-13,18H,1-3,9,11H2,(H,23,24,26)/t18-/m0/s1. The number of hydrogen-bond acceptors (Lipinski definition) is 4. The van der Waals surface area contributed by atoms with Crippen LogP contribution in [0.2, 0.25) is 0 Å².